The number of benzene rings is 4. The molecule has 0 amide bonds. The Morgan fingerprint density at radius 3 is 1.87 bits per heavy atom. The van der Waals surface area contributed by atoms with Gasteiger partial charge in [0.2, 0.25) is 0 Å². The van der Waals surface area contributed by atoms with E-state index in [1.165, 1.54) is 42.0 Å². The van der Waals surface area contributed by atoms with Crippen molar-refractivity contribution >= 4 is 0 Å². The van der Waals surface area contributed by atoms with Gasteiger partial charge in [-0.05, 0) is 72.0 Å². The minimum Gasteiger partial charge on any atom is -0.494 e. The standard InChI is InChI=1S/C31H27F5O2/c1-3-5-20-6-8-21(9-7-20)22-10-14-24(15-11-22)31(35,36)38-27-19-18-26(29(32)28(27)30(33)34)23-12-16-25(17-13-23)37-4-2/h6-19,30H,3-5H2,1-2H3. The van der Waals surface area contributed by atoms with Gasteiger partial charge in [-0.2, -0.15) is 8.78 Å². The molecule has 0 spiro atoms. The normalized spacial score (nSPS) is 11.6. The molecule has 0 heterocycles. The molecule has 0 saturated heterocycles. The minimum atomic E-state index is -3.97. The average Bonchev–Trinajstić information content (AvgIpc) is 2.90. The predicted molar refractivity (Wildman–Crippen MR) is 138 cm³/mol. The van der Waals surface area contributed by atoms with Crippen molar-refractivity contribution in [1.29, 1.82) is 0 Å². The maximum Gasteiger partial charge on any atom is 0.426 e. The van der Waals surface area contributed by atoms with Crippen LogP contribution in [0.5, 0.6) is 11.5 Å². The van der Waals surface area contributed by atoms with Gasteiger partial charge < -0.3 is 9.47 Å². The monoisotopic (exact) mass is 526 g/mol. The molecule has 0 unspecified atom stereocenters. The van der Waals surface area contributed by atoms with Crippen LogP contribution in [0.2, 0.25) is 0 Å². The number of rotatable bonds is 10. The Hall–Kier alpha value is -3.87. The van der Waals surface area contributed by atoms with Gasteiger partial charge in [-0.3, -0.25) is 0 Å². The lowest BCUT2D eigenvalue weighted by atomic mass is 10.0. The molecule has 0 atom stereocenters. The molecule has 2 nitrogen and oxygen atoms in total. The first kappa shape index (κ1) is 27.2. The molecule has 0 radical (unpaired) electrons. The fraction of sp³-hybridized carbons (Fsp3) is 0.226. The highest BCUT2D eigenvalue weighted by Crippen LogP contribution is 2.41. The molecular weight excluding hydrogens is 499 g/mol. The molecule has 0 aliphatic rings. The smallest absolute Gasteiger partial charge is 0.426 e. The highest BCUT2D eigenvalue weighted by Gasteiger charge is 2.37. The fourth-order valence-electron chi connectivity index (χ4n) is 4.19. The maximum atomic E-state index is 15.2. The van der Waals surface area contributed by atoms with Gasteiger partial charge in [0.25, 0.3) is 6.43 Å². The summed E-state index contributed by atoms with van der Waals surface area (Å²) in [5, 5.41) is 0. The van der Waals surface area contributed by atoms with Crippen molar-refractivity contribution in [3.05, 3.63) is 107 Å². The van der Waals surface area contributed by atoms with Crippen molar-refractivity contribution in [2.75, 3.05) is 6.61 Å². The van der Waals surface area contributed by atoms with Crippen LogP contribution in [0.3, 0.4) is 0 Å². The SMILES string of the molecule is CCCc1ccc(-c2ccc(C(F)(F)Oc3ccc(-c4ccc(OCC)cc4)c(F)c3C(F)F)cc2)cc1. The first-order valence-electron chi connectivity index (χ1n) is 12.3. The first-order chi connectivity index (χ1) is 18.2. The van der Waals surface area contributed by atoms with E-state index in [2.05, 4.69) is 6.92 Å². The zero-order valence-corrected chi connectivity index (χ0v) is 21.0. The molecule has 4 rings (SSSR count). The fourth-order valence-corrected chi connectivity index (χ4v) is 4.19. The van der Waals surface area contributed by atoms with E-state index in [0.29, 0.717) is 23.5 Å². The van der Waals surface area contributed by atoms with Crippen LogP contribution in [0.4, 0.5) is 22.0 Å². The van der Waals surface area contributed by atoms with Crippen LogP contribution < -0.4 is 9.47 Å². The molecule has 0 N–H and O–H groups in total. The summed E-state index contributed by atoms with van der Waals surface area (Å²) in [6.45, 7) is 4.32. The molecule has 0 aliphatic heterocycles. The zero-order valence-electron chi connectivity index (χ0n) is 21.0. The summed E-state index contributed by atoms with van der Waals surface area (Å²) in [6, 6.07) is 21.4. The topological polar surface area (TPSA) is 18.5 Å². The summed E-state index contributed by atoms with van der Waals surface area (Å²) in [5.41, 5.74) is 1.13. The van der Waals surface area contributed by atoms with E-state index in [0.717, 1.165) is 30.5 Å². The van der Waals surface area contributed by atoms with Crippen LogP contribution in [-0.2, 0) is 12.5 Å². The quantitative estimate of drug-likeness (QED) is 0.192. The van der Waals surface area contributed by atoms with Crippen molar-refractivity contribution in [1.82, 2.24) is 0 Å². The number of hydrogen-bond donors (Lipinski definition) is 0. The van der Waals surface area contributed by atoms with E-state index in [9.17, 15) is 8.78 Å². The average molecular weight is 527 g/mol. The van der Waals surface area contributed by atoms with Crippen LogP contribution in [-0.4, -0.2) is 6.61 Å². The highest BCUT2D eigenvalue weighted by molar-refractivity contribution is 5.68. The molecule has 0 bridgehead atoms. The Morgan fingerprint density at radius 1 is 0.737 bits per heavy atom. The molecule has 4 aromatic carbocycles. The number of halogens is 5. The number of ether oxygens (including phenoxy) is 2. The summed E-state index contributed by atoms with van der Waals surface area (Å²) < 4.78 is 83.0. The summed E-state index contributed by atoms with van der Waals surface area (Å²) in [5.74, 6) is -1.71. The second-order valence-electron chi connectivity index (χ2n) is 8.74. The van der Waals surface area contributed by atoms with E-state index < -0.39 is 35.2 Å². The van der Waals surface area contributed by atoms with Gasteiger partial charge in [-0.1, -0.05) is 61.9 Å². The Kier molecular flexibility index (Phi) is 8.35. The number of alkyl halides is 4. The minimum absolute atomic E-state index is 0.159. The summed E-state index contributed by atoms with van der Waals surface area (Å²) >= 11 is 0. The largest absolute Gasteiger partial charge is 0.494 e. The van der Waals surface area contributed by atoms with Crippen LogP contribution >= 0.6 is 0 Å². The third-order valence-corrected chi connectivity index (χ3v) is 6.12. The number of hydrogen-bond acceptors (Lipinski definition) is 2. The Balaban J connectivity index is 1.59. The molecule has 0 aliphatic carbocycles. The lowest BCUT2D eigenvalue weighted by molar-refractivity contribution is -0.186. The van der Waals surface area contributed by atoms with Gasteiger partial charge >= 0.3 is 6.11 Å². The van der Waals surface area contributed by atoms with Crippen molar-refractivity contribution in [3.63, 3.8) is 0 Å². The molecule has 0 aromatic heterocycles. The van der Waals surface area contributed by atoms with Gasteiger partial charge in [0.05, 0.1) is 17.7 Å². The molecule has 0 saturated carbocycles. The highest BCUT2D eigenvalue weighted by atomic mass is 19.3. The van der Waals surface area contributed by atoms with E-state index in [4.69, 9.17) is 9.47 Å². The van der Waals surface area contributed by atoms with Gasteiger partial charge in [0.1, 0.15) is 17.3 Å². The molecule has 198 valence electrons. The van der Waals surface area contributed by atoms with Crippen molar-refractivity contribution in [2.45, 2.75) is 39.2 Å². The molecule has 38 heavy (non-hydrogen) atoms. The Morgan fingerprint density at radius 2 is 1.32 bits per heavy atom. The molecular formula is C31H27F5O2. The summed E-state index contributed by atoms with van der Waals surface area (Å²) in [6.07, 6.45) is -5.38. The van der Waals surface area contributed by atoms with Crippen molar-refractivity contribution in [2.24, 2.45) is 0 Å². The number of aryl methyl sites for hydroxylation is 1. The van der Waals surface area contributed by atoms with Crippen LogP contribution in [0, 0.1) is 5.82 Å². The van der Waals surface area contributed by atoms with Crippen molar-refractivity contribution in [3.8, 4) is 33.8 Å². The molecule has 4 aromatic rings. The Bertz CT molecular complexity index is 1350. The Labute approximate surface area is 218 Å². The first-order valence-corrected chi connectivity index (χ1v) is 12.3. The summed E-state index contributed by atoms with van der Waals surface area (Å²) in [7, 11) is 0. The molecule has 0 fully saturated rings. The second-order valence-corrected chi connectivity index (χ2v) is 8.74. The lowest BCUT2D eigenvalue weighted by Crippen LogP contribution is -2.23. The second kappa shape index (κ2) is 11.7. The molecule has 7 heteroatoms. The van der Waals surface area contributed by atoms with Gasteiger partial charge in [-0.15, -0.1) is 0 Å². The van der Waals surface area contributed by atoms with Gasteiger partial charge in [0, 0.05) is 5.56 Å². The zero-order chi connectivity index (χ0) is 27.3. The lowest BCUT2D eigenvalue weighted by Gasteiger charge is -2.21. The van der Waals surface area contributed by atoms with E-state index >= 15 is 13.2 Å². The van der Waals surface area contributed by atoms with Gasteiger partial charge in [-0.25, -0.2) is 13.2 Å². The van der Waals surface area contributed by atoms with E-state index in [1.54, 1.807) is 19.1 Å². The summed E-state index contributed by atoms with van der Waals surface area (Å²) in [4.78, 5) is 0. The van der Waals surface area contributed by atoms with Gasteiger partial charge in [0.15, 0.2) is 0 Å². The maximum absolute atomic E-state index is 15.2. The van der Waals surface area contributed by atoms with Crippen molar-refractivity contribution < 1.29 is 31.4 Å². The van der Waals surface area contributed by atoms with E-state index in [-0.39, 0.29) is 5.56 Å². The van der Waals surface area contributed by atoms with E-state index in [1.807, 2.05) is 24.3 Å². The third kappa shape index (κ3) is 5.98. The van der Waals surface area contributed by atoms with Crippen LogP contribution in [0.15, 0.2) is 84.9 Å². The third-order valence-electron chi connectivity index (χ3n) is 6.12. The predicted octanol–water partition coefficient (Wildman–Crippen LogP) is 9.58. The van der Waals surface area contributed by atoms with Crippen LogP contribution in [0.1, 0.15) is 43.4 Å². The van der Waals surface area contributed by atoms with Crippen LogP contribution in [0.25, 0.3) is 22.3 Å².